The number of fused-ring (bicyclic) bond motifs is 5. The van der Waals surface area contributed by atoms with E-state index < -0.39 is 11.6 Å². The molecule has 1 unspecified atom stereocenters. The summed E-state index contributed by atoms with van der Waals surface area (Å²) in [6.07, 6.45) is 3.19. The van der Waals surface area contributed by atoms with Gasteiger partial charge in [-0.05, 0) is 24.6 Å². The number of hydrogen-bond acceptors (Lipinski definition) is 6. The van der Waals surface area contributed by atoms with Crippen molar-refractivity contribution in [2.45, 2.75) is 32.1 Å². The van der Waals surface area contributed by atoms with E-state index >= 15 is 0 Å². The van der Waals surface area contributed by atoms with Crippen LogP contribution in [0.4, 0.5) is 0 Å². The minimum absolute atomic E-state index is 0.100. The van der Waals surface area contributed by atoms with Gasteiger partial charge in [-0.3, -0.25) is 4.79 Å². The van der Waals surface area contributed by atoms with Crippen LogP contribution in [0.2, 0.25) is 0 Å². The van der Waals surface area contributed by atoms with E-state index in [0.717, 1.165) is 16.5 Å². The van der Waals surface area contributed by atoms with Crippen LogP contribution in [-0.4, -0.2) is 20.6 Å². The number of aromatic nitrogens is 2. The lowest BCUT2D eigenvalue weighted by Gasteiger charge is -2.31. The van der Waals surface area contributed by atoms with E-state index in [1.807, 2.05) is 30.3 Å². The molecule has 30 heavy (non-hydrogen) atoms. The summed E-state index contributed by atoms with van der Waals surface area (Å²) in [5.41, 5.74) is 2.07. The van der Waals surface area contributed by atoms with E-state index in [-0.39, 0.29) is 18.6 Å². The van der Waals surface area contributed by atoms with E-state index in [1.165, 1.54) is 6.08 Å². The molecule has 0 bridgehead atoms. The van der Waals surface area contributed by atoms with Crippen LogP contribution in [0.3, 0.4) is 0 Å². The Bertz CT molecular complexity index is 1380. The largest absolute Gasteiger partial charge is 0.458 e. The summed E-state index contributed by atoms with van der Waals surface area (Å²) in [5.74, 6) is -0.740. The molecule has 0 spiro atoms. The fraction of sp³-hybridized carbons (Fsp3) is 0.217. The SMILES string of the molecule is CCC1(O)C(=O)OCc2c1cc1n(c2=O)Cc2cc3cccc(/C=C/C#N)c3nc2-1. The van der Waals surface area contributed by atoms with Gasteiger partial charge in [0.25, 0.3) is 5.56 Å². The third-order valence-electron chi connectivity index (χ3n) is 5.91. The lowest BCUT2D eigenvalue weighted by atomic mass is 9.86. The molecule has 148 valence electrons. The Morgan fingerprint density at radius 1 is 1.37 bits per heavy atom. The first-order chi connectivity index (χ1) is 14.5. The maximum Gasteiger partial charge on any atom is 0.343 e. The highest BCUT2D eigenvalue weighted by Crippen LogP contribution is 2.38. The second-order valence-corrected chi connectivity index (χ2v) is 7.48. The molecule has 0 fully saturated rings. The third-order valence-corrected chi connectivity index (χ3v) is 5.91. The minimum atomic E-state index is -1.84. The van der Waals surface area contributed by atoms with Crippen LogP contribution in [0.25, 0.3) is 28.4 Å². The van der Waals surface area contributed by atoms with E-state index in [4.69, 9.17) is 15.0 Å². The predicted octanol–water partition coefficient (Wildman–Crippen LogP) is 2.62. The topological polar surface area (TPSA) is 105 Å². The molecule has 1 atom stereocenters. The van der Waals surface area contributed by atoms with Gasteiger partial charge in [0.05, 0.1) is 35.1 Å². The number of pyridine rings is 2. The number of carbonyl (C=O) groups excluding carboxylic acids is 1. The van der Waals surface area contributed by atoms with Gasteiger partial charge in [0.2, 0.25) is 0 Å². The van der Waals surface area contributed by atoms with Crippen molar-refractivity contribution in [1.29, 1.82) is 5.26 Å². The van der Waals surface area contributed by atoms with Crippen LogP contribution in [0.1, 0.15) is 35.6 Å². The van der Waals surface area contributed by atoms with Crippen molar-refractivity contribution in [2.75, 3.05) is 0 Å². The molecule has 5 rings (SSSR count). The van der Waals surface area contributed by atoms with Crippen molar-refractivity contribution in [3.8, 4) is 17.5 Å². The Morgan fingerprint density at radius 3 is 2.97 bits per heavy atom. The van der Waals surface area contributed by atoms with Crippen LogP contribution in [-0.2, 0) is 28.3 Å². The van der Waals surface area contributed by atoms with Crippen molar-refractivity contribution in [2.24, 2.45) is 0 Å². The number of esters is 1. The van der Waals surface area contributed by atoms with E-state index in [9.17, 15) is 14.7 Å². The van der Waals surface area contributed by atoms with Crippen LogP contribution in [0.5, 0.6) is 0 Å². The molecule has 7 nitrogen and oxygen atoms in total. The standard InChI is InChI=1S/C23H17N3O4/c1-2-23(29)17-10-18-20-15(11-26(18)21(27)16(17)12-30-22(23)28)9-14-6-3-5-13(7-4-8-24)19(14)25-20/h3-7,9-10,29H,2,11-12H2,1H3/b7-4+. The fourth-order valence-electron chi connectivity index (χ4n) is 4.29. The van der Waals surface area contributed by atoms with Gasteiger partial charge in [0.1, 0.15) is 6.61 Å². The maximum atomic E-state index is 13.2. The molecule has 2 aromatic heterocycles. The van der Waals surface area contributed by atoms with Gasteiger partial charge in [-0.15, -0.1) is 0 Å². The highest BCUT2D eigenvalue weighted by molar-refractivity contribution is 5.91. The lowest BCUT2D eigenvalue weighted by Crippen LogP contribution is -2.44. The minimum Gasteiger partial charge on any atom is -0.458 e. The Hall–Kier alpha value is -3.76. The number of allylic oxidation sites excluding steroid dienone is 1. The smallest absolute Gasteiger partial charge is 0.343 e. The van der Waals surface area contributed by atoms with Crippen molar-refractivity contribution in [1.82, 2.24) is 9.55 Å². The van der Waals surface area contributed by atoms with Crippen molar-refractivity contribution >= 4 is 22.9 Å². The number of carbonyl (C=O) groups is 1. The van der Waals surface area contributed by atoms with E-state index in [0.29, 0.717) is 34.6 Å². The molecule has 0 amide bonds. The summed E-state index contributed by atoms with van der Waals surface area (Å²) in [7, 11) is 0. The average Bonchev–Trinajstić information content (AvgIpc) is 3.11. The summed E-state index contributed by atoms with van der Waals surface area (Å²) in [4.78, 5) is 30.2. The number of cyclic esters (lactones) is 1. The highest BCUT2D eigenvalue weighted by Gasteiger charge is 2.45. The lowest BCUT2D eigenvalue weighted by molar-refractivity contribution is -0.172. The van der Waals surface area contributed by atoms with Crippen molar-refractivity contribution in [3.05, 3.63) is 69.0 Å². The zero-order valence-corrected chi connectivity index (χ0v) is 16.2. The Morgan fingerprint density at radius 2 is 2.20 bits per heavy atom. The quantitative estimate of drug-likeness (QED) is 0.410. The molecule has 4 heterocycles. The number of benzene rings is 1. The van der Waals surface area contributed by atoms with Gasteiger partial charge >= 0.3 is 5.97 Å². The van der Waals surface area contributed by atoms with Gasteiger partial charge in [-0.2, -0.15) is 5.26 Å². The number of nitrogens with zero attached hydrogens (tertiary/aromatic N) is 3. The first-order valence-electron chi connectivity index (χ1n) is 9.64. The van der Waals surface area contributed by atoms with Gasteiger partial charge in [0.15, 0.2) is 5.60 Å². The molecule has 2 aliphatic rings. The number of para-hydroxylation sites is 1. The number of hydrogen-bond donors (Lipinski definition) is 1. The molecule has 7 heteroatoms. The summed E-state index contributed by atoms with van der Waals surface area (Å²) in [6.45, 7) is 1.88. The molecular weight excluding hydrogens is 382 g/mol. The average molecular weight is 399 g/mol. The van der Waals surface area contributed by atoms with Gasteiger partial charge in [-0.25, -0.2) is 9.78 Å². The fourth-order valence-corrected chi connectivity index (χ4v) is 4.29. The van der Waals surface area contributed by atoms with Crippen LogP contribution < -0.4 is 5.56 Å². The first-order valence-corrected chi connectivity index (χ1v) is 9.64. The van der Waals surface area contributed by atoms with Crippen LogP contribution >= 0.6 is 0 Å². The number of rotatable bonds is 2. The van der Waals surface area contributed by atoms with Crippen LogP contribution in [0.15, 0.2) is 41.2 Å². The Labute approximate surface area is 171 Å². The van der Waals surface area contributed by atoms with E-state index in [1.54, 1.807) is 23.6 Å². The molecular formula is C23H17N3O4. The van der Waals surface area contributed by atoms with Gasteiger partial charge < -0.3 is 14.4 Å². The molecule has 1 aromatic carbocycles. The van der Waals surface area contributed by atoms with E-state index in [2.05, 4.69) is 0 Å². The molecule has 0 saturated heterocycles. The normalized spacial score (nSPS) is 19.3. The second-order valence-electron chi connectivity index (χ2n) is 7.48. The maximum absolute atomic E-state index is 13.2. The zero-order valence-electron chi connectivity index (χ0n) is 16.2. The predicted molar refractivity (Wildman–Crippen MR) is 109 cm³/mol. The molecule has 0 radical (unpaired) electrons. The van der Waals surface area contributed by atoms with Gasteiger partial charge in [0, 0.05) is 28.2 Å². The monoisotopic (exact) mass is 399 g/mol. The molecule has 1 N–H and O–H groups in total. The Balaban J connectivity index is 1.78. The summed E-state index contributed by atoms with van der Waals surface area (Å²) < 4.78 is 6.70. The number of nitriles is 1. The van der Waals surface area contributed by atoms with Gasteiger partial charge in [-0.1, -0.05) is 25.1 Å². The number of aliphatic hydroxyl groups is 1. The summed E-state index contributed by atoms with van der Waals surface area (Å²) in [5, 5.41) is 20.7. The molecule has 2 aliphatic heterocycles. The first kappa shape index (κ1) is 18.3. The third kappa shape index (κ3) is 2.38. The summed E-state index contributed by atoms with van der Waals surface area (Å²) in [6, 6.07) is 11.4. The summed E-state index contributed by atoms with van der Waals surface area (Å²) >= 11 is 0. The Kier molecular flexibility index (Phi) is 3.88. The molecule has 0 aliphatic carbocycles. The number of ether oxygens (including phenoxy) is 1. The molecule has 3 aromatic rings. The van der Waals surface area contributed by atoms with Crippen LogP contribution in [0, 0.1) is 11.3 Å². The van der Waals surface area contributed by atoms with Crippen molar-refractivity contribution in [3.63, 3.8) is 0 Å². The van der Waals surface area contributed by atoms with Crippen molar-refractivity contribution < 1.29 is 14.6 Å². The zero-order chi connectivity index (χ0) is 21.0. The molecule has 0 saturated carbocycles. The highest BCUT2D eigenvalue weighted by atomic mass is 16.6. The second kappa shape index (κ2) is 6.37.